The molecule has 1 aliphatic heterocycles. The standard InChI is InChI=1S/C14H16N2O2S/c1-2-3-7-15-13(17)12-5-4-8-16-14(12)18-11-6-9-19-10-11/h1,4-5,8,11H,3,6-7,9-10H2,(H,15,17). The number of amides is 1. The van der Waals surface area contributed by atoms with Crippen LogP contribution in [0.2, 0.25) is 0 Å². The first-order chi connectivity index (χ1) is 9.31. The van der Waals surface area contributed by atoms with Crippen molar-refractivity contribution in [2.24, 2.45) is 0 Å². The van der Waals surface area contributed by atoms with E-state index in [2.05, 4.69) is 16.2 Å². The third-order valence-corrected chi connectivity index (χ3v) is 3.87. The van der Waals surface area contributed by atoms with E-state index in [-0.39, 0.29) is 12.0 Å². The smallest absolute Gasteiger partial charge is 0.256 e. The Morgan fingerprint density at radius 3 is 3.32 bits per heavy atom. The molecule has 2 heterocycles. The van der Waals surface area contributed by atoms with Crippen LogP contribution in [0.1, 0.15) is 23.2 Å². The molecule has 100 valence electrons. The first kappa shape index (κ1) is 13.8. The van der Waals surface area contributed by atoms with Crippen molar-refractivity contribution in [2.45, 2.75) is 18.9 Å². The third kappa shape index (κ3) is 3.90. The van der Waals surface area contributed by atoms with Gasteiger partial charge in [-0.1, -0.05) is 0 Å². The summed E-state index contributed by atoms with van der Waals surface area (Å²) in [4.78, 5) is 16.2. The zero-order chi connectivity index (χ0) is 13.5. The van der Waals surface area contributed by atoms with E-state index in [1.807, 2.05) is 11.8 Å². The zero-order valence-electron chi connectivity index (χ0n) is 10.6. The molecule has 4 nitrogen and oxygen atoms in total. The molecule has 5 heteroatoms. The Labute approximate surface area is 117 Å². The summed E-state index contributed by atoms with van der Waals surface area (Å²) in [6.07, 6.45) is 8.45. The number of nitrogens with one attached hydrogen (secondary N) is 1. The number of rotatable bonds is 5. The Hall–Kier alpha value is -1.67. The van der Waals surface area contributed by atoms with Gasteiger partial charge >= 0.3 is 0 Å². The molecule has 1 aromatic rings. The largest absolute Gasteiger partial charge is 0.473 e. The van der Waals surface area contributed by atoms with Crippen LogP contribution in [0.3, 0.4) is 0 Å². The van der Waals surface area contributed by atoms with Crippen molar-refractivity contribution in [3.8, 4) is 18.2 Å². The van der Waals surface area contributed by atoms with Crippen LogP contribution in [-0.2, 0) is 0 Å². The Morgan fingerprint density at radius 1 is 1.68 bits per heavy atom. The summed E-state index contributed by atoms with van der Waals surface area (Å²) >= 11 is 1.86. The van der Waals surface area contributed by atoms with Crippen molar-refractivity contribution in [1.29, 1.82) is 0 Å². The Morgan fingerprint density at radius 2 is 2.58 bits per heavy atom. The van der Waals surface area contributed by atoms with Gasteiger partial charge in [0.1, 0.15) is 11.7 Å². The number of carbonyl (C=O) groups is 1. The van der Waals surface area contributed by atoms with Gasteiger partial charge in [-0.15, -0.1) is 12.3 Å². The molecule has 0 radical (unpaired) electrons. The second kappa shape index (κ2) is 7.05. The SMILES string of the molecule is C#CCCNC(=O)c1cccnc1OC1CCSC1. The molecule has 19 heavy (non-hydrogen) atoms. The predicted molar refractivity (Wildman–Crippen MR) is 76.4 cm³/mol. The normalized spacial score (nSPS) is 17.7. The maximum atomic E-state index is 12.0. The molecule has 0 aromatic carbocycles. The lowest BCUT2D eigenvalue weighted by molar-refractivity contribution is 0.0947. The van der Waals surface area contributed by atoms with Gasteiger partial charge < -0.3 is 10.1 Å². The van der Waals surface area contributed by atoms with Crippen molar-refractivity contribution in [2.75, 3.05) is 18.1 Å². The Kier molecular flexibility index (Phi) is 5.10. The van der Waals surface area contributed by atoms with E-state index in [0.717, 1.165) is 17.9 Å². The maximum Gasteiger partial charge on any atom is 0.256 e. The second-order valence-corrected chi connectivity index (χ2v) is 5.32. The van der Waals surface area contributed by atoms with Crippen LogP contribution < -0.4 is 10.1 Å². The number of pyridine rings is 1. The van der Waals surface area contributed by atoms with Crippen LogP contribution in [0.25, 0.3) is 0 Å². The van der Waals surface area contributed by atoms with Crippen LogP contribution in [0, 0.1) is 12.3 Å². The highest BCUT2D eigenvalue weighted by molar-refractivity contribution is 7.99. The van der Waals surface area contributed by atoms with E-state index < -0.39 is 0 Å². The molecule has 1 atom stereocenters. The van der Waals surface area contributed by atoms with Crippen molar-refractivity contribution in [3.63, 3.8) is 0 Å². The molecule has 1 aromatic heterocycles. The molecule has 0 bridgehead atoms. The molecule has 0 saturated carbocycles. The summed E-state index contributed by atoms with van der Waals surface area (Å²) in [5, 5.41) is 2.76. The first-order valence-corrected chi connectivity index (χ1v) is 7.38. The predicted octanol–water partition coefficient (Wildman–Crippen LogP) is 1.72. The summed E-state index contributed by atoms with van der Waals surface area (Å²) in [7, 11) is 0. The third-order valence-electron chi connectivity index (χ3n) is 2.74. The quantitative estimate of drug-likeness (QED) is 0.657. The van der Waals surface area contributed by atoms with E-state index in [1.165, 1.54) is 0 Å². The second-order valence-electron chi connectivity index (χ2n) is 4.17. The lowest BCUT2D eigenvalue weighted by Gasteiger charge is -2.14. The minimum absolute atomic E-state index is 0.150. The Bertz CT molecular complexity index is 479. The van der Waals surface area contributed by atoms with Gasteiger partial charge in [-0.2, -0.15) is 11.8 Å². The number of hydrogen-bond acceptors (Lipinski definition) is 4. The van der Waals surface area contributed by atoms with Gasteiger partial charge in [-0.3, -0.25) is 4.79 Å². The molecule has 0 spiro atoms. The van der Waals surface area contributed by atoms with Gasteiger partial charge in [0.05, 0.1) is 0 Å². The number of thioether (sulfide) groups is 1. The Balaban J connectivity index is 2.02. The summed E-state index contributed by atoms with van der Waals surface area (Å²) in [6, 6.07) is 3.45. The number of terminal acetylenes is 1. The summed E-state index contributed by atoms with van der Waals surface area (Å²) in [5.41, 5.74) is 0.469. The molecule has 2 rings (SSSR count). The number of aromatic nitrogens is 1. The van der Waals surface area contributed by atoms with E-state index in [0.29, 0.717) is 24.4 Å². The minimum atomic E-state index is -0.191. The fourth-order valence-corrected chi connectivity index (χ4v) is 2.86. The van der Waals surface area contributed by atoms with Crippen molar-refractivity contribution >= 4 is 17.7 Å². The number of ether oxygens (including phenoxy) is 1. The van der Waals surface area contributed by atoms with Crippen LogP contribution in [0.5, 0.6) is 5.88 Å². The van der Waals surface area contributed by atoms with Crippen molar-refractivity contribution in [3.05, 3.63) is 23.9 Å². The first-order valence-electron chi connectivity index (χ1n) is 6.22. The van der Waals surface area contributed by atoms with Gasteiger partial charge in [0, 0.05) is 24.9 Å². The van der Waals surface area contributed by atoms with E-state index in [4.69, 9.17) is 11.2 Å². The van der Waals surface area contributed by atoms with Gasteiger partial charge in [0.2, 0.25) is 5.88 Å². The highest BCUT2D eigenvalue weighted by Gasteiger charge is 2.21. The molecule has 0 aliphatic carbocycles. The average molecular weight is 276 g/mol. The molecular weight excluding hydrogens is 260 g/mol. The topological polar surface area (TPSA) is 51.2 Å². The van der Waals surface area contributed by atoms with E-state index >= 15 is 0 Å². The molecular formula is C14H16N2O2S. The van der Waals surface area contributed by atoms with Crippen LogP contribution in [0.15, 0.2) is 18.3 Å². The van der Waals surface area contributed by atoms with E-state index in [1.54, 1.807) is 18.3 Å². The highest BCUT2D eigenvalue weighted by Crippen LogP contribution is 2.24. The van der Waals surface area contributed by atoms with Crippen molar-refractivity contribution < 1.29 is 9.53 Å². The number of nitrogens with zero attached hydrogens (tertiary/aromatic N) is 1. The van der Waals surface area contributed by atoms with Gasteiger partial charge in [-0.25, -0.2) is 4.98 Å². The molecule has 1 fully saturated rings. The number of hydrogen-bond donors (Lipinski definition) is 1. The summed E-state index contributed by atoms with van der Waals surface area (Å²) in [6.45, 7) is 0.461. The number of carbonyl (C=O) groups excluding carboxylic acids is 1. The monoisotopic (exact) mass is 276 g/mol. The average Bonchev–Trinajstić information content (AvgIpc) is 2.92. The highest BCUT2D eigenvalue weighted by atomic mass is 32.2. The van der Waals surface area contributed by atoms with Crippen LogP contribution in [-0.4, -0.2) is 35.0 Å². The van der Waals surface area contributed by atoms with Crippen LogP contribution in [0.4, 0.5) is 0 Å². The fourth-order valence-electron chi connectivity index (χ4n) is 1.76. The van der Waals surface area contributed by atoms with E-state index in [9.17, 15) is 4.79 Å². The molecule has 1 saturated heterocycles. The maximum absolute atomic E-state index is 12.0. The molecule has 1 amide bonds. The van der Waals surface area contributed by atoms with Crippen LogP contribution >= 0.6 is 11.8 Å². The zero-order valence-corrected chi connectivity index (χ0v) is 11.4. The molecule has 1 unspecified atom stereocenters. The van der Waals surface area contributed by atoms with Gasteiger partial charge in [0.15, 0.2) is 0 Å². The lowest BCUT2D eigenvalue weighted by atomic mass is 10.2. The summed E-state index contributed by atoms with van der Waals surface area (Å²) in [5.74, 6) is 4.75. The molecule has 1 N–H and O–H groups in total. The summed E-state index contributed by atoms with van der Waals surface area (Å²) < 4.78 is 5.80. The van der Waals surface area contributed by atoms with Gasteiger partial charge in [-0.05, 0) is 24.3 Å². The molecule has 1 aliphatic rings. The lowest BCUT2D eigenvalue weighted by Crippen LogP contribution is -2.26. The van der Waals surface area contributed by atoms with Gasteiger partial charge in [0.25, 0.3) is 5.91 Å². The van der Waals surface area contributed by atoms with Crippen molar-refractivity contribution in [1.82, 2.24) is 10.3 Å². The fraction of sp³-hybridized carbons (Fsp3) is 0.429. The minimum Gasteiger partial charge on any atom is -0.473 e.